The fourth-order valence-corrected chi connectivity index (χ4v) is 4.79. The van der Waals surface area contributed by atoms with E-state index in [9.17, 15) is 9.90 Å². The molecule has 138 valence electrons. The molecule has 0 aromatic rings. The van der Waals surface area contributed by atoms with Crippen LogP contribution in [-0.4, -0.2) is 108 Å². The summed E-state index contributed by atoms with van der Waals surface area (Å²) in [5.41, 5.74) is -0.236. The zero-order valence-electron chi connectivity index (χ0n) is 15.4. The third-order valence-corrected chi connectivity index (χ3v) is 6.38. The van der Waals surface area contributed by atoms with Gasteiger partial charge in [-0.25, -0.2) is 0 Å². The van der Waals surface area contributed by atoms with Gasteiger partial charge in [0.05, 0.1) is 6.61 Å². The van der Waals surface area contributed by atoms with Crippen LogP contribution >= 0.6 is 0 Å². The average molecular weight is 338 g/mol. The number of carbonyl (C=O) groups is 1. The second-order valence-corrected chi connectivity index (χ2v) is 7.89. The lowest BCUT2D eigenvalue weighted by molar-refractivity contribution is -0.149. The summed E-state index contributed by atoms with van der Waals surface area (Å²) >= 11 is 0. The van der Waals surface area contributed by atoms with Gasteiger partial charge >= 0.3 is 0 Å². The molecule has 3 rings (SSSR count). The third kappa shape index (κ3) is 3.47. The molecule has 1 unspecified atom stereocenters. The Bertz CT molecular complexity index is 431. The number of likely N-dealkylation sites (N-methyl/N-ethyl adjacent to an activating group) is 1. The first-order valence-electron chi connectivity index (χ1n) is 9.65. The molecular weight excluding hydrogens is 304 g/mol. The van der Waals surface area contributed by atoms with Crippen molar-refractivity contribution in [2.75, 3.05) is 66.0 Å². The molecule has 1 aliphatic carbocycles. The van der Waals surface area contributed by atoms with Crippen molar-refractivity contribution < 1.29 is 9.90 Å². The number of aliphatic hydroxyl groups is 1. The number of amides is 1. The van der Waals surface area contributed by atoms with E-state index in [1.807, 2.05) is 0 Å². The molecule has 24 heavy (non-hydrogen) atoms. The largest absolute Gasteiger partial charge is 0.395 e. The first-order chi connectivity index (χ1) is 11.6. The molecule has 0 bridgehead atoms. The first kappa shape index (κ1) is 18.1. The van der Waals surface area contributed by atoms with Gasteiger partial charge in [-0.3, -0.25) is 14.6 Å². The fourth-order valence-electron chi connectivity index (χ4n) is 4.79. The van der Waals surface area contributed by atoms with Crippen LogP contribution in [0.15, 0.2) is 0 Å². The third-order valence-electron chi connectivity index (χ3n) is 6.38. The SMILES string of the molecule is CC1CN(C(=O)C2(N3CCN(C)CC3)CCCC2)CCN1CCO. The minimum absolute atomic E-state index is 0.198. The van der Waals surface area contributed by atoms with Crippen molar-refractivity contribution >= 4 is 5.91 Å². The quantitative estimate of drug-likeness (QED) is 0.786. The van der Waals surface area contributed by atoms with Gasteiger partial charge in [-0.05, 0) is 26.8 Å². The number of rotatable bonds is 4. The van der Waals surface area contributed by atoms with Crippen LogP contribution in [0.25, 0.3) is 0 Å². The van der Waals surface area contributed by atoms with Crippen LogP contribution in [0, 0.1) is 0 Å². The summed E-state index contributed by atoms with van der Waals surface area (Å²) in [6.45, 7) is 9.73. The van der Waals surface area contributed by atoms with Crippen molar-refractivity contribution in [2.45, 2.75) is 44.2 Å². The summed E-state index contributed by atoms with van der Waals surface area (Å²) in [4.78, 5) is 22.8. The number of carbonyl (C=O) groups excluding carboxylic acids is 1. The number of aliphatic hydroxyl groups excluding tert-OH is 1. The van der Waals surface area contributed by atoms with Gasteiger partial charge in [0.15, 0.2) is 0 Å². The Balaban J connectivity index is 1.69. The molecule has 0 radical (unpaired) electrons. The number of nitrogens with zero attached hydrogens (tertiary/aromatic N) is 4. The number of hydrogen-bond donors (Lipinski definition) is 1. The van der Waals surface area contributed by atoms with E-state index >= 15 is 0 Å². The average Bonchev–Trinajstić information content (AvgIpc) is 3.08. The highest BCUT2D eigenvalue weighted by Gasteiger charge is 2.49. The molecule has 1 atom stereocenters. The molecule has 2 heterocycles. The van der Waals surface area contributed by atoms with Gasteiger partial charge in [0.25, 0.3) is 0 Å². The van der Waals surface area contributed by atoms with E-state index in [1.165, 1.54) is 12.8 Å². The van der Waals surface area contributed by atoms with Gasteiger partial charge in [0, 0.05) is 58.4 Å². The van der Waals surface area contributed by atoms with Crippen LogP contribution in [0.4, 0.5) is 0 Å². The van der Waals surface area contributed by atoms with Crippen LogP contribution in [0.2, 0.25) is 0 Å². The molecule has 1 N–H and O–H groups in total. The summed E-state index contributed by atoms with van der Waals surface area (Å²) in [7, 11) is 2.17. The van der Waals surface area contributed by atoms with Gasteiger partial charge < -0.3 is 14.9 Å². The minimum Gasteiger partial charge on any atom is -0.395 e. The molecular formula is C18H34N4O2. The highest BCUT2D eigenvalue weighted by molar-refractivity contribution is 5.87. The molecule has 6 nitrogen and oxygen atoms in total. The highest BCUT2D eigenvalue weighted by atomic mass is 16.3. The molecule has 2 aliphatic heterocycles. The van der Waals surface area contributed by atoms with Crippen molar-refractivity contribution in [3.8, 4) is 0 Å². The van der Waals surface area contributed by atoms with Gasteiger partial charge in [0.2, 0.25) is 5.91 Å². The van der Waals surface area contributed by atoms with Gasteiger partial charge in [-0.1, -0.05) is 12.8 Å². The predicted molar refractivity (Wildman–Crippen MR) is 95.0 cm³/mol. The topological polar surface area (TPSA) is 50.3 Å². The smallest absolute Gasteiger partial charge is 0.243 e. The lowest BCUT2D eigenvalue weighted by atomic mass is 9.91. The van der Waals surface area contributed by atoms with Crippen LogP contribution in [-0.2, 0) is 4.79 Å². The Morgan fingerprint density at radius 1 is 1.08 bits per heavy atom. The fraction of sp³-hybridized carbons (Fsp3) is 0.944. The Labute approximate surface area is 146 Å². The van der Waals surface area contributed by atoms with Gasteiger partial charge in [-0.15, -0.1) is 0 Å². The molecule has 6 heteroatoms. The van der Waals surface area contributed by atoms with E-state index < -0.39 is 0 Å². The van der Waals surface area contributed by atoms with Crippen molar-refractivity contribution in [3.05, 3.63) is 0 Å². The van der Waals surface area contributed by atoms with E-state index in [0.717, 1.165) is 58.7 Å². The highest BCUT2D eigenvalue weighted by Crippen LogP contribution is 2.38. The van der Waals surface area contributed by atoms with Crippen molar-refractivity contribution in [1.82, 2.24) is 19.6 Å². The van der Waals surface area contributed by atoms with Crippen molar-refractivity contribution in [2.24, 2.45) is 0 Å². The van der Waals surface area contributed by atoms with E-state index in [4.69, 9.17) is 0 Å². The molecule has 3 aliphatic rings. The molecule has 0 aromatic heterocycles. The summed E-state index contributed by atoms with van der Waals surface area (Å²) in [6, 6.07) is 0.334. The summed E-state index contributed by atoms with van der Waals surface area (Å²) in [5.74, 6) is 0.375. The van der Waals surface area contributed by atoms with Gasteiger partial charge in [-0.2, -0.15) is 0 Å². The van der Waals surface area contributed by atoms with E-state index in [2.05, 4.69) is 33.6 Å². The summed E-state index contributed by atoms with van der Waals surface area (Å²) in [5, 5.41) is 9.18. The molecule has 2 saturated heterocycles. The van der Waals surface area contributed by atoms with E-state index in [-0.39, 0.29) is 12.1 Å². The zero-order chi connectivity index (χ0) is 17.2. The Morgan fingerprint density at radius 3 is 2.33 bits per heavy atom. The van der Waals surface area contributed by atoms with Crippen LogP contribution in [0.1, 0.15) is 32.6 Å². The number of hydrogen-bond acceptors (Lipinski definition) is 5. The minimum atomic E-state index is -0.236. The first-order valence-corrected chi connectivity index (χ1v) is 9.65. The van der Waals surface area contributed by atoms with E-state index in [1.54, 1.807) is 0 Å². The Kier molecular flexibility index (Phi) is 5.80. The molecule has 1 saturated carbocycles. The number of β-amino-alcohol motifs (C(OH)–C–C–N with tert-alkyl or cyclic N) is 1. The standard InChI is InChI=1S/C18H34N4O2/c1-16-15-21(10-9-20(16)13-14-23)17(24)18(5-3-4-6-18)22-11-7-19(2)8-12-22/h16,23H,3-15H2,1-2H3. The van der Waals surface area contributed by atoms with Gasteiger partial charge in [0.1, 0.15) is 5.54 Å². The molecule has 0 spiro atoms. The molecule has 3 fully saturated rings. The lowest BCUT2D eigenvalue weighted by Gasteiger charge is -2.48. The van der Waals surface area contributed by atoms with Crippen molar-refractivity contribution in [1.29, 1.82) is 0 Å². The van der Waals surface area contributed by atoms with Crippen LogP contribution < -0.4 is 0 Å². The predicted octanol–water partition coefficient (Wildman–Crippen LogP) is 0.0716. The monoisotopic (exact) mass is 338 g/mol. The maximum atomic E-state index is 13.5. The second-order valence-electron chi connectivity index (χ2n) is 7.89. The van der Waals surface area contributed by atoms with Crippen molar-refractivity contribution in [3.63, 3.8) is 0 Å². The molecule has 1 amide bonds. The van der Waals surface area contributed by atoms with Crippen LogP contribution in [0.5, 0.6) is 0 Å². The van der Waals surface area contributed by atoms with E-state index in [0.29, 0.717) is 18.5 Å². The summed E-state index contributed by atoms with van der Waals surface area (Å²) < 4.78 is 0. The second kappa shape index (κ2) is 7.68. The Hall–Kier alpha value is -0.690. The zero-order valence-corrected chi connectivity index (χ0v) is 15.4. The maximum Gasteiger partial charge on any atom is 0.243 e. The maximum absolute atomic E-state index is 13.5. The van der Waals surface area contributed by atoms with Crippen LogP contribution in [0.3, 0.4) is 0 Å². The lowest BCUT2D eigenvalue weighted by Crippen LogP contribution is -2.65. The molecule has 0 aromatic carbocycles. The summed E-state index contributed by atoms with van der Waals surface area (Å²) in [6.07, 6.45) is 4.41. The normalized spacial score (nSPS) is 30.0. The Morgan fingerprint density at radius 2 is 1.75 bits per heavy atom. The number of piperazine rings is 2.